The standard InChI is InChI=1S/C21H29N3O3/c1-15-2-3-18(22)14-19(15)17-12-20(16-4-10-27-11-5-16)23-21(13-17)24(6-8-25)7-9-26/h2-3,12-14,16,25-26H,4-11,22H2,1H3. The van der Waals surface area contributed by atoms with Crippen LogP contribution in [0.4, 0.5) is 11.5 Å². The number of ether oxygens (including phenoxy) is 1. The number of aromatic nitrogens is 1. The molecule has 0 unspecified atom stereocenters. The number of nitrogens with zero attached hydrogens (tertiary/aromatic N) is 2. The molecule has 3 rings (SSSR count). The third-order valence-corrected chi connectivity index (χ3v) is 5.11. The Morgan fingerprint density at radius 1 is 1.11 bits per heavy atom. The summed E-state index contributed by atoms with van der Waals surface area (Å²) in [6, 6.07) is 10.1. The Kier molecular flexibility index (Phi) is 6.66. The molecule has 1 aliphatic rings. The minimum Gasteiger partial charge on any atom is -0.399 e. The zero-order valence-electron chi connectivity index (χ0n) is 15.9. The first-order valence-electron chi connectivity index (χ1n) is 9.55. The monoisotopic (exact) mass is 371 g/mol. The van der Waals surface area contributed by atoms with Gasteiger partial charge in [0.15, 0.2) is 0 Å². The fourth-order valence-corrected chi connectivity index (χ4v) is 3.59. The average Bonchev–Trinajstić information content (AvgIpc) is 2.70. The molecular formula is C21H29N3O3. The van der Waals surface area contributed by atoms with Crippen molar-refractivity contribution in [3.63, 3.8) is 0 Å². The molecule has 1 aromatic heterocycles. The van der Waals surface area contributed by atoms with E-state index in [1.165, 1.54) is 0 Å². The molecule has 1 saturated heterocycles. The molecule has 4 N–H and O–H groups in total. The summed E-state index contributed by atoms with van der Waals surface area (Å²) in [6.07, 6.45) is 1.90. The minimum absolute atomic E-state index is 0.00974. The molecule has 0 radical (unpaired) electrons. The van der Waals surface area contributed by atoms with Gasteiger partial charge in [-0.15, -0.1) is 0 Å². The van der Waals surface area contributed by atoms with E-state index in [1.807, 2.05) is 29.2 Å². The highest BCUT2D eigenvalue weighted by atomic mass is 16.5. The number of aliphatic hydroxyl groups is 2. The number of pyridine rings is 1. The number of aryl methyl sites for hydroxylation is 1. The van der Waals surface area contributed by atoms with Gasteiger partial charge in [0.25, 0.3) is 0 Å². The van der Waals surface area contributed by atoms with E-state index in [-0.39, 0.29) is 13.2 Å². The highest BCUT2D eigenvalue weighted by Crippen LogP contribution is 2.33. The van der Waals surface area contributed by atoms with Crippen LogP contribution in [0.1, 0.15) is 30.0 Å². The summed E-state index contributed by atoms with van der Waals surface area (Å²) in [4.78, 5) is 6.81. The molecule has 2 aromatic rings. The SMILES string of the molecule is Cc1ccc(N)cc1-c1cc(C2CCOCC2)nc(N(CCO)CCO)c1. The number of benzene rings is 1. The van der Waals surface area contributed by atoms with Crippen molar-refractivity contribution in [3.05, 3.63) is 41.6 Å². The lowest BCUT2D eigenvalue weighted by molar-refractivity contribution is 0.0845. The van der Waals surface area contributed by atoms with Gasteiger partial charge in [-0.25, -0.2) is 4.98 Å². The van der Waals surface area contributed by atoms with Crippen LogP contribution in [0, 0.1) is 6.92 Å². The van der Waals surface area contributed by atoms with Crippen LogP contribution in [-0.4, -0.2) is 54.7 Å². The second-order valence-electron chi connectivity index (χ2n) is 7.03. The lowest BCUT2D eigenvalue weighted by atomic mass is 9.92. The summed E-state index contributed by atoms with van der Waals surface area (Å²) < 4.78 is 5.50. The number of rotatable bonds is 7. The number of hydrogen-bond donors (Lipinski definition) is 3. The van der Waals surface area contributed by atoms with Gasteiger partial charge in [0.1, 0.15) is 5.82 Å². The van der Waals surface area contributed by atoms with Crippen LogP contribution in [0.5, 0.6) is 0 Å². The molecule has 0 spiro atoms. The zero-order chi connectivity index (χ0) is 19.2. The van der Waals surface area contributed by atoms with Crippen molar-refractivity contribution in [3.8, 4) is 11.1 Å². The van der Waals surface area contributed by atoms with Gasteiger partial charge in [0.2, 0.25) is 0 Å². The maximum absolute atomic E-state index is 9.43. The van der Waals surface area contributed by atoms with Gasteiger partial charge in [-0.05, 0) is 60.7 Å². The third-order valence-electron chi connectivity index (χ3n) is 5.11. The van der Waals surface area contributed by atoms with E-state index in [9.17, 15) is 10.2 Å². The molecule has 1 fully saturated rings. The Morgan fingerprint density at radius 2 is 1.81 bits per heavy atom. The summed E-state index contributed by atoms with van der Waals surface area (Å²) in [7, 11) is 0. The molecular weight excluding hydrogens is 342 g/mol. The first kappa shape index (κ1) is 19.6. The van der Waals surface area contributed by atoms with Crippen molar-refractivity contribution < 1.29 is 14.9 Å². The van der Waals surface area contributed by atoms with Crippen molar-refractivity contribution >= 4 is 11.5 Å². The molecule has 1 aromatic carbocycles. The highest BCUT2D eigenvalue weighted by molar-refractivity contribution is 5.73. The van der Waals surface area contributed by atoms with Crippen molar-refractivity contribution in [1.29, 1.82) is 0 Å². The Hall–Kier alpha value is -2.15. The van der Waals surface area contributed by atoms with E-state index in [4.69, 9.17) is 15.5 Å². The van der Waals surface area contributed by atoms with Crippen molar-refractivity contribution in [2.45, 2.75) is 25.7 Å². The van der Waals surface area contributed by atoms with Gasteiger partial charge >= 0.3 is 0 Å². The Morgan fingerprint density at radius 3 is 2.48 bits per heavy atom. The molecule has 0 saturated carbocycles. The van der Waals surface area contributed by atoms with Crippen LogP contribution in [-0.2, 0) is 4.74 Å². The van der Waals surface area contributed by atoms with E-state index in [2.05, 4.69) is 13.0 Å². The van der Waals surface area contributed by atoms with Crippen LogP contribution in [0.2, 0.25) is 0 Å². The van der Waals surface area contributed by atoms with E-state index >= 15 is 0 Å². The van der Waals surface area contributed by atoms with Crippen LogP contribution in [0.25, 0.3) is 11.1 Å². The van der Waals surface area contributed by atoms with Crippen LogP contribution < -0.4 is 10.6 Å². The molecule has 0 bridgehead atoms. The second kappa shape index (κ2) is 9.17. The first-order valence-corrected chi connectivity index (χ1v) is 9.55. The first-order chi connectivity index (χ1) is 13.1. The molecule has 1 aliphatic heterocycles. The summed E-state index contributed by atoms with van der Waals surface area (Å²) in [5.41, 5.74) is 11.1. The summed E-state index contributed by atoms with van der Waals surface area (Å²) in [6.45, 7) is 4.45. The number of anilines is 2. The molecule has 0 atom stereocenters. The summed E-state index contributed by atoms with van der Waals surface area (Å²) >= 11 is 0. The molecule has 6 nitrogen and oxygen atoms in total. The topological polar surface area (TPSA) is 91.8 Å². The predicted molar refractivity (Wildman–Crippen MR) is 108 cm³/mol. The van der Waals surface area contributed by atoms with Gasteiger partial charge in [-0.1, -0.05) is 6.07 Å². The van der Waals surface area contributed by atoms with Gasteiger partial charge in [-0.3, -0.25) is 0 Å². The quantitative estimate of drug-likeness (QED) is 0.647. The number of aliphatic hydroxyl groups excluding tert-OH is 2. The number of hydrogen-bond acceptors (Lipinski definition) is 6. The van der Waals surface area contributed by atoms with E-state index < -0.39 is 0 Å². The fourth-order valence-electron chi connectivity index (χ4n) is 3.59. The zero-order valence-corrected chi connectivity index (χ0v) is 15.9. The largest absolute Gasteiger partial charge is 0.399 e. The van der Waals surface area contributed by atoms with Gasteiger partial charge in [0.05, 0.1) is 13.2 Å². The number of nitrogens with two attached hydrogens (primary N) is 1. The maximum atomic E-state index is 9.43. The van der Waals surface area contributed by atoms with E-state index in [1.54, 1.807) is 0 Å². The lowest BCUT2D eigenvalue weighted by Crippen LogP contribution is -2.31. The predicted octanol–water partition coefficient (Wildman–Crippen LogP) is 2.32. The third kappa shape index (κ3) is 4.77. The molecule has 146 valence electrons. The molecule has 0 amide bonds. The highest BCUT2D eigenvalue weighted by Gasteiger charge is 2.20. The lowest BCUT2D eigenvalue weighted by Gasteiger charge is -2.27. The van der Waals surface area contributed by atoms with Crippen molar-refractivity contribution in [2.75, 3.05) is 50.2 Å². The Bertz CT molecular complexity index is 754. The van der Waals surface area contributed by atoms with E-state index in [0.29, 0.717) is 19.0 Å². The Labute approximate surface area is 160 Å². The molecule has 6 heteroatoms. The smallest absolute Gasteiger partial charge is 0.129 e. The molecule has 27 heavy (non-hydrogen) atoms. The van der Waals surface area contributed by atoms with Crippen molar-refractivity contribution in [1.82, 2.24) is 4.98 Å². The summed E-state index contributed by atoms with van der Waals surface area (Å²) in [5, 5.41) is 18.9. The van der Waals surface area contributed by atoms with Crippen molar-refractivity contribution in [2.24, 2.45) is 0 Å². The van der Waals surface area contributed by atoms with E-state index in [0.717, 1.165) is 59.9 Å². The van der Waals surface area contributed by atoms with Crippen LogP contribution in [0.3, 0.4) is 0 Å². The van der Waals surface area contributed by atoms with Crippen LogP contribution in [0.15, 0.2) is 30.3 Å². The van der Waals surface area contributed by atoms with Gasteiger partial charge < -0.3 is 25.6 Å². The molecule has 2 heterocycles. The van der Waals surface area contributed by atoms with Crippen LogP contribution >= 0.6 is 0 Å². The fraction of sp³-hybridized carbons (Fsp3) is 0.476. The Balaban J connectivity index is 2.08. The number of nitrogen functional groups attached to an aromatic ring is 1. The minimum atomic E-state index is 0.00974. The second-order valence-corrected chi connectivity index (χ2v) is 7.03. The van der Waals surface area contributed by atoms with Gasteiger partial charge in [-0.2, -0.15) is 0 Å². The maximum Gasteiger partial charge on any atom is 0.129 e. The normalized spacial score (nSPS) is 15.1. The average molecular weight is 371 g/mol. The summed E-state index contributed by atoms with van der Waals surface area (Å²) in [5.74, 6) is 1.13. The van der Waals surface area contributed by atoms with Gasteiger partial charge in [0, 0.05) is 43.6 Å². The molecule has 0 aliphatic carbocycles.